The Bertz CT molecular complexity index is 550. The van der Waals surface area contributed by atoms with Crippen LogP contribution in [0.2, 0.25) is 5.15 Å². The number of aromatic nitrogens is 1. The normalized spacial score (nSPS) is 9.75. The molecule has 0 aliphatic heterocycles. The summed E-state index contributed by atoms with van der Waals surface area (Å²) in [6.45, 7) is 0. The van der Waals surface area contributed by atoms with Crippen molar-refractivity contribution >= 4 is 17.3 Å². The van der Waals surface area contributed by atoms with Crippen LogP contribution < -0.4 is 5.73 Å². The average Bonchev–Trinajstić information content (AvgIpc) is 2.28. The van der Waals surface area contributed by atoms with Gasteiger partial charge in [-0.2, -0.15) is 0 Å². The Morgan fingerprint density at radius 2 is 2.06 bits per heavy atom. The van der Waals surface area contributed by atoms with Gasteiger partial charge in [0.15, 0.2) is 0 Å². The van der Waals surface area contributed by atoms with Gasteiger partial charge in [0.05, 0.1) is 5.69 Å². The fourth-order valence-electron chi connectivity index (χ4n) is 1.43. The predicted molar refractivity (Wildman–Crippen MR) is 67.0 cm³/mol. The van der Waals surface area contributed by atoms with Gasteiger partial charge in [-0.15, -0.1) is 6.42 Å². The molecular formula is C13H9ClN2. The monoisotopic (exact) mass is 228 g/mol. The zero-order valence-electron chi connectivity index (χ0n) is 8.44. The van der Waals surface area contributed by atoms with Crippen molar-refractivity contribution in [1.29, 1.82) is 0 Å². The minimum atomic E-state index is 0.376. The first-order chi connectivity index (χ1) is 7.69. The van der Waals surface area contributed by atoms with Crippen molar-refractivity contribution in [3.05, 3.63) is 47.1 Å². The quantitative estimate of drug-likeness (QED) is 0.602. The van der Waals surface area contributed by atoms with E-state index in [0.29, 0.717) is 10.8 Å². The molecule has 2 N–H and O–H groups in total. The number of pyridine rings is 1. The topological polar surface area (TPSA) is 38.9 Å². The smallest absolute Gasteiger partial charge is 0.131 e. The molecule has 78 valence electrons. The molecule has 0 spiro atoms. The van der Waals surface area contributed by atoms with Crippen molar-refractivity contribution in [1.82, 2.24) is 4.98 Å². The van der Waals surface area contributed by atoms with Crippen molar-refractivity contribution in [3.8, 4) is 23.6 Å². The molecule has 0 bridgehead atoms. The fourth-order valence-corrected chi connectivity index (χ4v) is 1.65. The highest BCUT2D eigenvalue weighted by molar-refractivity contribution is 6.29. The molecule has 0 saturated carbocycles. The maximum Gasteiger partial charge on any atom is 0.131 e. The van der Waals surface area contributed by atoms with Gasteiger partial charge in [0.25, 0.3) is 0 Å². The number of halogens is 1. The van der Waals surface area contributed by atoms with Crippen molar-refractivity contribution in [2.45, 2.75) is 0 Å². The summed E-state index contributed by atoms with van der Waals surface area (Å²) in [5.41, 5.74) is 8.72. The first-order valence-corrected chi connectivity index (χ1v) is 5.07. The van der Waals surface area contributed by atoms with Crippen molar-refractivity contribution < 1.29 is 0 Å². The van der Waals surface area contributed by atoms with Crippen LogP contribution in [-0.4, -0.2) is 4.98 Å². The Labute approximate surface area is 99.1 Å². The molecule has 1 heterocycles. The summed E-state index contributed by atoms with van der Waals surface area (Å²) < 4.78 is 0. The van der Waals surface area contributed by atoms with Crippen LogP contribution in [0.3, 0.4) is 0 Å². The number of hydrogen-bond acceptors (Lipinski definition) is 2. The van der Waals surface area contributed by atoms with Gasteiger partial charge >= 0.3 is 0 Å². The van der Waals surface area contributed by atoms with Crippen LogP contribution in [0.1, 0.15) is 5.56 Å². The fraction of sp³-hybridized carbons (Fsp3) is 0. The number of terminal acetylenes is 1. The molecule has 3 heteroatoms. The number of nitrogens with two attached hydrogens (primary N) is 1. The highest BCUT2D eigenvalue weighted by Crippen LogP contribution is 2.22. The third-order valence-corrected chi connectivity index (χ3v) is 2.34. The van der Waals surface area contributed by atoms with Gasteiger partial charge in [-0.3, -0.25) is 0 Å². The number of nitrogen functional groups attached to an aromatic ring is 1. The number of anilines is 1. The van der Waals surface area contributed by atoms with Crippen LogP contribution in [-0.2, 0) is 0 Å². The van der Waals surface area contributed by atoms with Crippen molar-refractivity contribution in [2.75, 3.05) is 5.73 Å². The molecule has 0 saturated heterocycles. The summed E-state index contributed by atoms with van der Waals surface area (Å²) in [6.07, 6.45) is 5.34. The molecule has 2 nitrogen and oxygen atoms in total. The minimum absolute atomic E-state index is 0.376. The number of benzene rings is 1. The standard InChI is InChI=1S/C13H9ClN2/c1-2-9-4-3-5-10(6-9)12-7-11(15)8-13(14)16-12/h1,3-8H,(H2,15,16). The van der Waals surface area contributed by atoms with E-state index in [0.717, 1.165) is 16.8 Å². The van der Waals surface area contributed by atoms with E-state index in [-0.39, 0.29) is 0 Å². The third-order valence-electron chi connectivity index (χ3n) is 2.14. The molecule has 0 atom stereocenters. The van der Waals surface area contributed by atoms with Crippen molar-refractivity contribution in [2.24, 2.45) is 0 Å². The van der Waals surface area contributed by atoms with Gasteiger partial charge in [-0.25, -0.2) is 4.98 Å². The van der Waals surface area contributed by atoms with Gasteiger partial charge in [-0.05, 0) is 24.3 Å². The number of hydrogen-bond donors (Lipinski definition) is 1. The van der Waals surface area contributed by atoms with E-state index >= 15 is 0 Å². The first-order valence-electron chi connectivity index (χ1n) is 4.69. The van der Waals surface area contributed by atoms with Crippen LogP contribution >= 0.6 is 11.6 Å². The van der Waals surface area contributed by atoms with E-state index in [9.17, 15) is 0 Å². The highest BCUT2D eigenvalue weighted by atomic mass is 35.5. The van der Waals surface area contributed by atoms with Gasteiger partial charge in [0.2, 0.25) is 0 Å². The van der Waals surface area contributed by atoms with E-state index in [2.05, 4.69) is 10.9 Å². The lowest BCUT2D eigenvalue weighted by atomic mass is 10.1. The highest BCUT2D eigenvalue weighted by Gasteiger charge is 2.02. The Balaban J connectivity index is 2.54. The summed E-state index contributed by atoms with van der Waals surface area (Å²) in [6, 6.07) is 10.9. The lowest BCUT2D eigenvalue weighted by Gasteiger charge is -2.03. The second-order valence-corrected chi connectivity index (χ2v) is 3.72. The molecule has 0 aliphatic carbocycles. The second-order valence-electron chi connectivity index (χ2n) is 3.33. The maximum absolute atomic E-state index is 5.84. The first kappa shape index (κ1) is 10.5. The van der Waals surface area contributed by atoms with E-state index in [1.54, 1.807) is 12.1 Å². The van der Waals surface area contributed by atoms with E-state index < -0.39 is 0 Å². The zero-order valence-corrected chi connectivity index (χ0v) is 9.20. The molecule has 0 amide bonds. The number of rotatable bonds is 1. The summed E-state index contributed by atoms with van der Waals surface area (Å²) in [7, 11) is 0. The van der Waals surface area contributed by atoms with Gasteiger partial charge in [-0.1, -0.05) is 29.7 Å². The van der Waals surface area contributed by atoms with Gasteiger partial charge < -0.3 is 5.73 Å². The summed E-state index contributed by atoms with van der Waals surface area (Å²) in [4.78, 5) is 4.20. The average molecular weight is 229 g/mol. The van der Waals surface area contributed by atoms with Crippen LogP contribution in [0.5, 0.6) is 0 Å². The summed E-state index contributed by atoms with van der Waals surface area (Å²) in [5.74, 6) is 2.57. The third kappa shape index (κ3) is 2.16. The Morgan fingerprint density at radius 3 is 2.75 bits per heavy atom. The predicted octanol–water partition coefficient (Wildman–Crippen LogP) is 2.97. The second kappa shape index (κ2) is 4.26. The lowest BCUT2D eigenvalue weighted by molar-refractivity contribution is 1.33. The molecule has 1 aromatic carbocycles. The molecule has 0 unspecified atom stereocenters. The lowest BCUT2D eigenvalue weighted by Crippen LogP contribution is -1.90. The van der Waals surface area contributed by atoms with E-state index in [4.69, 9.17) is 23.8 Å². The van der Waals surface area contributed by atoms with E-state index in [1.165, 1.54) is 0 Å². The number of nitrogens with zero attached hydrogens (tertiary/aromatic N) is 1. The molecular weight excluding hydrogens is 220 g/mol. The molecule has 0 radical (unpaired) electrons. The van der Waals surface area contributed by atoms with Crippen LogP contribution in [0.25, 0.3) is 11.3 Å². The van der Waals surface area contributed by atoms with Crippen molar-refractivity contribution in [3.63, 3.8) is 0 Å². The molecule has 1 aromatic heterocycles. The molecule has 0 fully saturated rings. The van der Waals surface area contributed by atoms with Gasteiger partial charge in [0.1, 0.15) is 5.15 Å². The molecule has 16 heavy (non-hydrogen) atoms. The van der Waals surface area contributed by atoms with Gasteiger partial charge in [0, 0.05) is 16.8 Å². The summed E-state index contributed by atoms with van der Waals surface area (Å²) >= 11 is 5.84. The largest absolute Gasteiger partial charge is 0.399 e. The zero-order chi connectivity index (χ0) is 11.5. The maximum atomic E-state index is 5.84. The molecule has 2 aromatic rings. The van der Waals surface area contributed by atoms with E-state index in [1.807, 2.05) is 24.3 Å². The van der Waals surface area contributed by atoms with Crippen LogP contribution in [0, 0.1) is 12.3 Å². The minimum Gasteiger partial charge on any atom is -0.399 e. The Morgan fingerprint density at radius 1 is 1.25 bits per heavy atom. The molecule has 0 aliphatic rings. The Hall–Kier alpha value is -1.98. The Kier molecular flexibility index (Phi) is 2.80. The summed E-state index contributed by atoms with van der Waals surface area (Å²) in [5, 5.41) is 0.376. The molecule has 2 rings (SSSR count). The SMILES string of the molecule is C#Cc1cccc(-c2cc(N)cc(Cl)n2)c1. The van der Waals surface area contributed by atoms with Crippen LogP contribution in [0.4, 0.5) is 5.69 Å². The van der Waals surface area contributed by atoms with Crippen LogP contribution in [0.15, 0.2) is 36.4 Å².